The first-order valence-corrected chi connectivity index (χ1v) is 12.3. The molecule has 0 aliphatic carbocycles. The molecule has 0 radical (unpaired) electrons. The lowest BCUT2D eigenvalue weighted by atomic mass is 9.76. The molecule has 0 spiro atoms. The molecule has 2 atom stereocenters. The normalized spacial score (nSPS) is 19.9. The van der Waals surface area contributed by atoms with Crippen LogP contribution in [0.3, 0.4) is 0 Å². The number of nitrogens with one attached hydrogen (secondary N) is 1. The number of ether oxygens (including phenoxy) is 2. The first-order valence-electron chi connectivity index (χ1n) is 12.3. The Morgan fingerprint density at radius 3 is 2.61 bits per heavy atom. The zero-order valence-electron chi connectivity index (χ0n) is 20.9. The molecule has 3 N–H and O–H groups in total. The van der Waals surface area contributed by atoms with E-state index in [9.17, 15) is 24.9 Å². The summed E-state index contributed by atoms with van der Waals surface area (Å²) in [5.74, 6) is -1.31. The van der Waals surface area contributed by atoms with E-state index in [-0.39, 0.29) is 30.4 Å². The largest absolute Gasteiger partial charge is 0.475 e. The standard InChI is InChI=1S/C25H35BN4O6/c1-25(2,30-10-12-35-13-11-30)15-21(16-27)23(31)29-9-8-20(17-29)18-36-24(32)28-22(26(33)34)14-19-6-4-3-5-7-19/h3-7,15,20,22,33-34H,8-14,17-18H2,1-2H3,(H,28,32)/b21-15+/t20-,22-/m0/s1. The maximum Gasteiger partial charge on any atom is 0.475 e. The Morgan fingerprint density at radius 2 is 1.97 bits per heavy atom. The Balaban J connectivity index is 1.49. The fourth-order valence-corrected chi connectivity index (χ4v) is 4.54. The monoisotopic (exact) mass is 498 g/mol. The van der Waals surface area contributed by atoms with Crippen LogP contribution in [0.5, 0.6) is 0 Å². The first-order chi connectivity index (χ1) is 17.2. The molecule has 2 aliphatic rings. The third-order valence-corrected chi connectivity index (χ3v) is 6.66. The van der Waals surface area contributed by atoms with Gasteiger partial charge in [-0.2, -0.15) is 5.26 Å². The van der Waals surface area contributed by atoms with Crippen LogP contribution < -0.4 is 5.32 Å². The number of amides is 2. The summed E-state index contributed by atoms with van der Waals surface area (Å²) >= 11 is 0. The number of hydrogen-bond acceptors (Lipinski definition) is 8. The maximum atomic E-state index is 13.0. The molecular weight excluding hydrogens is 463 g/mol. The number of nitrogens with zero attached hydrogens (tertiary/aromatic N) is 3. The fraction of sp³-hybridized carbons (Fsp3) is 0.560. The van der Waals surface area contributed by atoms with Crippen molar-refractivity contribution in [1.29, 1.82) is 5.26 Å². The van der Waals surface area contributed by atoms with E-state index in [1.165, 1.54) is 0 Å². The molecule has 2 fully saturated rings. The van der Waals surface area contributed by atoms with Crippen molar-refractivity contribution in [2.45, 2.75) is 38.2 Å². The lowest BCUT2D eigenvalue weighted by Gasteiger charge is -2.39. The van der Waals surface area contributed by atoms with E-state index < -0.39 is 24.7 Å². The van der Waals surface area contributed by atoms with Crippen molar-refractivity contribution in [3.05, 3.63) is 47.5 Å². The molecule has 0 unspecified atom stereocenters. The van der Waals surface area contributed by atoms with Gasteiger partial charge in [0.05, 0.1) is 25.8 Å². The van der Waals surface area contributed by atoms with Crippen molar-refractivity contribution < 1.29 is 29.1 Å². The van der Waals surface area contributed by atoms with Gasteiger partial charge in [-0.15, -0.1) is 0 Å². The van der Waals surface area contributed by atoms with Crippen molar-refractivity contribution in [1.82, 2.24) is 15.1 Å². The van der Waals surface area contributed by atoms with Gasteiger partial charge in [0.15, 0.2) is 0 Å². The quantitative estimate of drug-likeness (QED) is 0.258. The second-order valence-electron chi connectivity index (χ2n) is 9.78. The van der Waals surface area contributed by atoms with Gasteiger partial charge in [0.25, 0.3) is 5.91 Å². The van der Waals surface area contributed by atoms with Crippen LogP contribution in [0, 0.1) is 17.2 Å². The minimum absolute atomic E-state index is 0.0708. The molecule has 194 valence electrons. The minimum atomic E-state index is -1.74. The molecule has 2 saturated heterocycles. The van der Waals surface area contributed by atoms with E-state index in [1.54, 1.807) is 11.0 Å². The predicted molar refractivity (Wildman–Crippen MR) is 133 cm³/mol. The van der Waals surface area contributed by atoms with Crippen LogP contribution >= 0.6 is 0 Å². The van der Waals surface area contributed by atoms with Gasteiger partial charge in [-0.1, -0.05) is 30.3 Å². The molecule has 1 aromatic carbocycles. The number of rotatable bonds is 9. The zero-order chi connectivity index (χ0) is 26.1. The van der Waals surface area contributed by atoms with Crippen LogP contribution in [0.25, 0.3) is 0 Å². The molecule has 2 heterocycles. The number of nitriles is 1. The lowest BCUT2D eigenvalue weighted by molar-refractivity contribution is -0.126. The number of likely N-dealkylation sites (tertiary alicyclic amines) is 1. The van der Waals surface area contributed by atoms with Gasteiger partial charge in [0, 0.05) is 37.6 Å². The number of carbonyl (C=O) groups excluding carboxylic acids is 2. The molecular formula is C25H35BN4O6. The topological polar surface area (TPSA) is 135 Å². The lowest BCUT2D eigenvalue weighted by Crippen LogP contribution is -2.49. The maximum absolute atomic E-state index is 13.0. The van der Waals surface area contributed by atoms with Gasteiger partial charge in [-0.3, -0.25) is 9.69 Å². The number of alkyl carbamates (subject to hydrolysis) is 1. The van der Waals surface area contributed by atoms with Crippen LogP contribution in [0.1, 0.15) is 25.8 Å². The summed E-state index contributed by atoms with van der Waals surface area (Å²) in [6.45, 7) is 7.61. The van der Waals surface area contributed by atoms with Crippen LogP contribution in [-0.4, -0.2) is 96.4 Å². The van der Waals surface area contributed by atoms with E-state index >= 15 is 0 Å². The van der Waals surface area contributed by atoms with E-state index in [0.29, 0.717) is 32.7 Å². The van der Waals surface area contributed by atoms with Crippen LogP contribution in [-0.2, 0) is 20.7 Å². The first kappa shape index (κ1) is 27.7. The Morgan fingerprint density at radius 1 is 1.28 bits per heavy atom. The van der Waals surface area contributed by atoms with E-state index in [2.05, 4.69) is 16.3 Å². The Labute approximate surface area is 212 Å². The van der Waals surface area contributed by atoms with Crippen LogP contribution in [0.15, 0.2) is 42.0 Å². The van der Waals surface area contributed by atoms with Crippen LogP contribution in [0.4, 0.5) is 4.79 Å². The van der Waals surface area contributed by atoms with Crippen molar-refractivity contribution in [3.63, 3.8) is 0 Å². The second kappa shape index (κ2) is 12.9. The third-order valence-electron chi connectivity index (χ3n) is 6.66. The summed E-state index contributed by atoms with van der Waals surface area (Å²) < 4.78 is 10.7. The van der Waals surface area contributed by atoms with E-state index in [4.69, 9.17) is 9.47 Å². The van der Waals surface area contributed by atoms with Gasteiger partial charge < -0.3 is 29.7 Å². The molecule has 10 nitrogen and oxygen atoms in total. The predicted octanol–water partition coefficient (Wildman–Crippen LogP) is 0.745. The average molecular weight is 498 g/mol. The average Bonchev–Trinajstić information content (AvgIpc) is 3.35. The number of morpholine rings is 1. The summed E-state index contributed by atoms with van der Waals surface area (Å²) in [6, 6.07) is 11.2. The van der Waals surface area contributed by atoms with Crippen molar-refractivity contribution in [2.24, 2.45) is 5.92 Å². The summed E-state index contributed by atoms with van der Waals surface area (Å²) in [7, 11) is -1.74. The molecule has 3 rings (SSSR count). The molecule has 0 bridgehead atoms. The highest BCUT2D eigenvalue weighted by Gasteiger charge is 2.33. The van der Waals surface area contributed by atoms with Gasteiger partial charge in [-0.25, -0.2) is 4.79 Å². The summed E-state index contributed by atoms with van der Waals surface area (Å²) in [5, 5.41) is 31.4. The molecule has 1 aromatic rings. The Kier molecular flexibility index (Phi) is 9.90. The van der Waals surface area contributed by atoms with Gasteiger partial charge in [0.2, 0.25) is 0 Å². The van der Waals surface area contributed by atoms with Gasteiger partial charge in [0.1, 0.15) is 11.6 Å². The van der Waals surface area contributed by atoms with E-state index in [1.807, 2.05) is 44.2 Å². The highest BCUT2D eigenvalue weighted by Crippen LogP contribution is 2.23. The molecule has 0 saturated carbocycles. The van der Waals surface area contributed by atoms with Gasteiger partial charge >= 0.3 is 13.2 Å². The summed E-state index contributed by atoms with van der Waals surface area (Å²) in [4.78, 5) is 29.1. The minimum Gasteiger partial charge on any atom is -0.449 e. The third kappa shape index (κ3) is 7.80. The number of hydrogen-bond donors (Lipinski definition) is 3. The van der Waals surface area contributed by atoms with Crippen molar-refractivity contribution in [3.8, 4) is 6.07 Å². The van der Waals surface area contributed by atoms with Gasteiger partial charge in [-0.05, 0) is 38.3 Å². The van der Waals surface area contributed by atoms with E-state index in [0.717, 1.165) is 18.7 Å². The molecule has 2 amide bonds. The SMILES string of the molecule is CC(C)(/C=C(\C#N)C(=O)N1CC[C@H](COC(=O)N[C@@H](Cc2ccccc2)B(O)O)C1)N1CCOCC1. The fourth-order valence-electron chi connectivity index (χ4n) is 4.54. The molecule has 2 aliphatic heterocycles. The Hall–Kier alpha value is -2.91. The number of carbonyl (C=O) groups is 2. The summed E-state index contributed by atoms with van der Waals surface area (Å²) in [5.41, 5.74) is 0.490. The number of benzene rings is 1. The second-order valence-corrected chi connectivity index (χ2v) is 9.78. The van der Waals surface area contributed by atoms with Crippen molar-refractivity contribution >= 4 is 19.1 Å². The zero-order valence-corrected chi connectivity index (χ0v) is 20.9. The van der Waals surface area contributed by atoms with Crippen LogP contribution in [0.2, 0.25) is 0 Å². The Bertz CT molecular complexity index is 959. The smallest absolute Gasteiger partial charge is 0.449 e. The molecule has 0 aromatic heterocycles. The molecule has 36 heavy (non-hydrogen) atoms. The summed E-state index contributed by atoms with van der Waals surface area (Å²) in [6.07, 6.45) is 1.85. The highest BCUT2D eigenvalue weighted by molar-refractivity contribution is 6.43. The molecule has 11 heteroatoms. The highest BCUT2D eigenvalue weighted by atomic mass is 16.5. The van der Waals surface area contributed by atoms with Crippen molar-refractivity contribution in [2.75, 3.05) is 46.0 Å².